The van der Waals surface area contributed by atoms with Gasteiger partial charge in [0.25, 0.3) is 5.91 Å². The smallest absolute Gasteiger partial charge is 0.306 e. The summed E-state index contributed by atoms with van der Waals surface area (Å²) in [6.07, 6.45) is 1.67. The van der Waals surface area contributed by atoms with Crippen molar-refractivity contribution in [3.8, 4) is 5.75 Å². The highest BCUT2D eigenvalue weighted by molar-refractivity contribution is 8.26. The molecule has 1 saturated heterocycles. The SMILES string of the molecule is O=C(O)CCOc1cccc(/C=C2/SC(=S)N(NC(=O)Cc3ccccc3)C2=O)c1. The van der Waals surface area contributed by atoms with Crippen LogP contribution in [0.4, 0.5) is 0 Å². The summed E-state index contributed by atoms with van der Waals surface area (Å²) in [4.78, 5) is 35.9. The number of carbonyl (C=O) groups is 3. The number of thioether (sulfide) groups is 1. The van der Waals surface area contributed by atoms with Gasteiger partial charge in [-0.05, 0) is 41.6 Å². The van der Waals surface area contributed by atoms with E-state index in [0.717, 1.165) is 22.3 Å². The molecule has 2 aromatic carbocycles. The largest absolute Gasteiger partial charge is 0.493 e. The fourth-order valence-corrected chi connectivity index (χ4v) is 3.79. The Labute approximate surface area is 182 Å². The first-order valence-corrected chi connectivity index (χ1v) is 10.2. The molecular weight excluding hydrogens is 424 g/mol. The number of ether oxygens (including phenoxy) is 1. The first kappa shape index (κ1) is 21.5. The molecule has 2 amide bonds. The normalized spacial score (nSPS) is 14.8. The summed E-state index contributed by atoms with van der Waals surface area (Å²) in [6.45, 7) is 0.0499. The van der Waals surface area contributed by atoms with Gasteiger partial charge in [0.2, 0.25) is 5.91 Å². The number of nitrogens with zero attached hydrogens (tertiary/aromatic N) is 1. The summed E-state index contributed by atoms with van der Waals surface area (Å²) in [7, 11) is 0. The molecule has 1 fully saturated rings. The third kappa shape index (κ3) is 5.91. The van der Waals surface area contributed by atoms with E-state index in [9.17, 15) is 14.4 Å². The number of amides is 2. The molecule has 7 nitrogen and oxygen atoms in total. The average molecular weight is 443 g/mol. The Morgan fingerprint density at radius 1 is 1.17 bits per heavy atom. The fraction of sp³-hybridized carbons (Fsp3) is 0.143. The lowest BCUT2D eigenvalue weighted by Crippen LogP contribution is -2.45. The highest BCUT2D eigenvalue weighted by Gasteiger charge is 2.33. The molecule has 3 rings (SSSR count). The molecule has 154 valence electrons. The van der Waals surface area contributed by atoms with Crippen LogP contribution in [0.1, 0.15) is 17.5 Å². The van der Waals surface area contributed by atoms with Crippen LogP contribution in [0.15, 0.2) is 59.5 Å². The Bertz CT molecular complexity index is 1010. The van der Waals surface area contributed by atoms with Gasteiger partial charge in [-0.15, -0.1) is 0 Å². The van der Waals surface area contributed by atoms with Gasteiger partial charge in [-0.2, -0.15) is 5.01 Å². The van der Waals surface area contributed by atoms with Gasteiger partial charge in [0, 0.05) is 0 Å². The molecule has 0 aliphatic carbocycles. The summed E-state index contributed by atoms with van der Waals surface area (Å²) >= 11 is 6.32. The molecule has 2 N–H and O–H groups in total. The van der Waals surface area contributed by atoms with Crippen molar-refractivity contribution in [2.24, 2.45) is 0 Å². The van der Waals surface area contributed by atoms with Crippen LogP contribution in [0.3, 0.4) is 0 Å². The standard InChI is InChI=1S/C21H18N2O5S2/c24-18(13-14-5-2-1-3-6-14)22-23-20(27)17(30-21(23)29)12-15-7-4-8-16(11-15)28-10-9-19(25)26/h1-8,11-12H,9-10,13H2,(H,22,24)(H,25,26)/b17-12+. The third-order valence-corrected chi connectivity index (χ3v) is 5.28. The van der Waals surface area contributed by atoms with Crippen LogP contribution in [0.25, 0.3) is 6.08 Å². The summed E-state index contributed by atoms with van der Waals surface area (Å²) in [5.41, 5.74) is 4.08. The Morgan fingerprint density at radius 3 is 2.67 bits per heavy atom. The highest BCUT2D eigenvalue weighted by atomic mass is 32.2. The number of rotatable bonds is 8. The van der Waals surface area contributed by atoms with Crippen molar-refractivity contribution < 1.29 is 24.2 Å². The molecule has 30 heavy (non-hydrogen) atoms. The maximum atomic E-state index is 12.7. The zero-order chi connectivity index (χ0) is 21.5. The summed E-state index contributed by atoms with van der Waals surface area (Å²) in [5, 5.41) is 9.76. The molecule has 0 aromatic heterocycles. The number of hydrogen-bond acceptors (Lipinski definition) is 6. The van der Waals surface area contributed by atoms with Crippen molar-refractivity contribution in [1.82, 2.24) is 10.4 Å². The van der Waals surface area contributed by atoms with Crippen LogP contribution in [0.2, 0.25) is 0 Å². The van der Waals surface area contributed by atoms with E-state index in [0.29, 0.717) is 16.2 Å². The van der Waals surface area contributed by atoms with Crippen LogP contribution < -0.4 is 10.2 Å². The zero-order valence-electron chi connectivity index (χ0n) is 15.7. The number of carboxylic acid groups (broad SMARTS) is 1. The number of benzene rings is 2. The quantitative estimate of drug-likeness (QED) is 0.479. The Balaban J connectivity index is 1.64. The Morgan fingerprint density at radius 2 is 1.93 bits per heavy atom. The van der Waals surface area contributed by atoms with E-state index in [2.05, 4.69) is 5.43 Å². The molecule has 0 unspecified atom stereocenters. The minimum Gasteiger partial charge on any atom is -0.493 e. The monoisotopic (exact) mass is 442 g/mol. The molecule has 0 spiro atoms. The first-order valence-electron chi connectivity index (χ1n) is 8.98. The van der Waals surface area contributed by atoms with Crippen LogP contribution in [0, 0.1) is 0 Å². The number of carbonyl (C=O) groups excluding carboxylic acids is 2. The Hall–Kier alpha value is -3.17. The third-order valence-electron chi connectivity index (χ3n) is 3.98. The molecule has 0 atom stereocenters. The van der Waals surface area contributed by atoms with Gasteiger partial charge in [-0.1, -0.05) is 54.2 Å². The maximum Gasteiger partial charge on any atom is 0.306 e. The lowest BCUT2D eigenvalue weighted by atomic mass is 10.1. The highest BCUT2D eigenvalue weighted by Crippen LogP contribution is 2.32. The molecular formula is C21H18N2O5S2. The van der Waals surface area contributed by atoms with Crippen molar-refractivity contribution in [2.75, 3.05) is 6.61 Å². The lowest BCUT2D eigenvalue weighted by molar-refractivity contribution is -0.137. The molecule has 0 bridgehead atoms. The molecule has 2 aromatic rings. The van der Waals surface area contributed by atoms with E-state index >= 15 is 0 Å². The maximum absolute atomic E-state index is 12.7. The molecule has 1 heterocycles. The summed E-state index contributed by atoms with van der Waals surface area (Å²) in [6, 6.07) is 16.1. The van der Waals surface area contributed by atoms with Crippen molar-refractivity contribution in [2.45, 2.75) is 12.8 Å². The first-order chi connectivity index (χ1) is 14.4. The molecule has 1 aliphatic rings. The van der Waals surface area contributed by atoms with E-state index in [1.54, 1.807) is 30.3 Å². The van der Waals surface area contributed by atoms with Crippen molar-refractivity contribution in [1.29, 1.82) is 0 Å². The van der Waals surface area contributed by atoms with Crippen molar-refractivity contribution in [3.63, 3.8) is 0 Å². The van der Waals surface area contributed by atoms with Crippen LogP contribution in [0.5, 0.6) is 5.75 Å². The second kappa shape index (κ2) is 10.0. The summed E-state index contributed by atoms with van der Waals surface area (Å²) < 4.78 is 5.64. The minimum absolute atomic E-state index is 0.0499. The van der Waals surface area contributed by atoms with Gasteiger partial charge in [0.1, 0.15) is 5.75 Å². The number of carboxylic acids is 1. The van der Waals surface area contributed by atoms with Crippen molar-refractivity contribution >= 4 is 52.2 Å². The van der Waals surface area contributed by atoms with Crippen LogP contribution >= 0.6 is 24.0 Å². The molecule has 9 heteroatoms. The van der Waals surface area contributed by atoms with Crippen molar-refractivity contribution in [3.05, 3.63) is 70.6 Å². The second-order valence-electron chi connectivity index (χ2n) is 6.28. The topological polar surface area (TPSA) is 95.9 Å². The van der Waals surface area contributed by atoms with Gasteiger partial charge < -0.3 is 9.84 Å². The van der Waals surface area contributed by atoms with Crippen LogP contribution in [-0.2, 0) is 20.8 Å². The number of hydrogen-bond donors (Lipinski definition) is 2. The van der Waals surface area contributed by atoms with Gasteiger partial charge >= 0.3 is 5.97 Å². The predicted molar refractivity (Wildman–Crippen MR) is 117 cm³/mol. The van der Waals surface area contributed by atoms with Gasteiger partial charge in [0.05, 0.1) is 24.4 Å². The van der Waals surface area contributed by atoms with Gasteiger partial charge in [0.15, 0.2) is 4.32 Å². The second-order valence-corrected chi connectivity index (χ2v) is 7.95. The summed E-state index contributed by atoms with van der Waals surface area (Å²) in [5.74, 6) is -1.20. The van der Waals surface area contributed by atoms with Crippen LogP contribution in [-0.4, -0.2) is 38.8 Å². The minimum atomic E-state index is -0.941. The lowest BCUT2D eigenvalue weighted by Gasteiger charge is -2.15. The molecule has 1 aliphatic heterocycles. The van der Waals surface area contributed by atoms with E-state index in [1.807, 2.05) is 30.3 Å². The average Bonchev–Trinajstić information content (AvgIpc) is 2.96. The van der Waals surface area contributed by atoms with E-state index < -0.39 is 11.9 Å². The van der Waals surface area contributed by atoms with E-state index in [-0.39, 0.29) is 29.7 Å². The zero-order valence-corrected chi connectivity index (χ0v) is 17.4. The number of aliphatic carboxylic acids is 1. The molecule has 0 saturated carbocycles. The van der Waals surface area contributed by atoms with Gasteiger partial charge in [-0.3, -0.25) is 19.8 Å². The van der Waals surface area contributed by atoms with E-state index in [4.69, 9.17) is 22.1 Å². The predicted octanol–water partition coefficient (Wildman–Crippen LogP) is 3.02. The van der Waals surface area contributed by atoms with Gasteiger partial charge in [-0.25, -0.2) is 0 Å². The Kier molecular flexibility index (Phi) is 7.21. The molecule has 0 radical (unpaired) electrons. The number of thiocarbonyl (C=S) groups is 1. The fourth-order valence-electron chi connectivity index (χ4n) is 2.61. The number of nitrogens with one attached hydrogen (secondary N) is 1. The number of hydrazine groups is 1. The van der Waals surface area contributed by atoms with E-state index in [1.165, 1.54) is 0 Å².